The molecule has 0 aliphatic rings. The number of hydrogen-bond acceptors (Lipinski definition) is 0. The molecule has 0 saturated heterocycles. The predicted molar refractivity (Wildman–Crippen MR) is 54.8 cm³/mol. The van der Waals surface area contributed by atoms with Crippen molar-refractivity contribution in [2.24, 2.45) is 0 Å². The Morgan fingerprint density at radius 3 is 2.69 bits per heavy atom. The van der Waals surface area contributed by atoms with Crippen molar-refractivity contribution in [1.29, 1.82) is 0 Å². The van der Waals surface area contributed by atoms with Crippen LogP contribution in [-0.4, -0.2) is 5.38 Å². The maximum atomic E-state index is 12.7. The first-order chi connectivity index (χ1) is 6.09. The van der Waals surface area contributed by atoms with Gasteiger partial charge < -0.3 is 0 Å². The Morgan fingerprint density at radius 2 is 2.15 bits per heavy atom. The van der Waals surface area contributed by atoms with Gasteiger partial charge in [0, 0.05) is 5.38 Å². The van der Waals surface area contributed by atoms with Gasteiger partial charge >= 0.3 is 0 Å². The zero-order valence-corrected chi connectivity index (χ0v) is 8.74. The van der Waals surface area contributed by atoms with E-state index in [-0.39, 0.29) is 11.2 Å². The third-order valence-electron chi connectivity index (χ3n) is 2.12. The summed E-state index contributed by atoms with van der Waals surface area (Å²) >= 11 is 5.84. The Balaban J connectivity index is 2.67. The zero-order chi connectivity index (χ0) is 9.84. The fourth-order valence-corrected chi connectivity index (χ4v) is 1.40. The van der Waals surface area contributed by atoms with E-state index in [1.54, 1.807) is 6.07 Å². The van der Waals surface area contributed by atoms with E-state index in [1.165, 1.54) is 11.6 Å². The fraction of sp³-hybridized carbons (Fsp3) is 0.455. The minimum atomic E-state index is -0.167. The lowest BCUT2D eigenvalue weighted by Crippen LogP contribution is -1.97. The molecule has 0 aliphatic carbocycles. The minimum Gasteiger partial charge on any atom is -0.207 e. The van der Waals surface area contributed by atoms with Crippen LogP contribution in [0.2, 0.25) is 0 Å². The highest BCUT2D eigenvalue weighted by atomic mass is 35.5. The smallest absolute Gasteiger partial charge is 0.123 e. The first kappa shape index (κ1) is 10.5. The number of hydrogen-bond donors (Lipinski definition) is 0. The highest BCUT2D eigenvalue weighted by molar-refractivity contribution is 6.20. The summed E-state index contributed by atoms with van der Waals surface area (Å²) in [6.45, 7) is 3.90. The molecule has 0 fully saturated rings. The second kappa shape index (κ2) is 4.61. The van der Waals surface area contributed by atoms with E-state index >= 15 is 0 Å². The second-order valence-electron chi connectivity index (χ2n) is 3.39. The summed E-state index contributed by atoms with van der Waals surface area (Å²) in [5.74, 6) is -0.167. The molecule has 0 saturated carbocycles. The topological polar surface area (TPSA) is 0 Å². The normalized spacial score (nSPS) is 12.9. The van der Waals surface area contributed by atoms with E-state index in [4.69, 9.17) is 11.6 Å². The molecule has 13 heavy (non-hydrogen) atoms. The summed E-state index contributed by atoms with van der Waals surface area (Å²) in [6.07, 6.45) is 1.87. The number of halogens is 2. The molecule has 0 aliphatic heterocycles. The van der Waals surface area contributed by atoms with Crippen LogP contribution in [0.1, 0.15) is 24.5 Å². The highest BCUT2D eigenvalue weighted by Crippen LogP contribution is 2.14. The van der Waals surface area contributed by atoms with Crippen LogP contribution in [0.15, 0.2) is 18.2 Å². The van der Waals surface area contributed by atoms with Crippen molar-refractivity contribution in [3.05, 3.63) is 35.1 Å². The van der Waals surface area contributed by atoms with Crippen molar-refractivity contribution in [2.45, 2.75) is 32.1 Å². The van der Waals surface area contributed by atoms with Crippen LogP contribution in [0.5, 0.6) is 0 Å². The number of alkyl halides is 1. The van der Waals surface area contributed by atoms with Gasteiger partial charge in [0.1, 0.15) is 5.82 Å². The van der Waals surface area contributed by atoms with Crippen LogP contribution in [0.3, 0.4) is 0 Å². The molecule has 1 rings (SSSR count). The van der Waals surface area contributed by atoms with Crippen molar-refractivity contribution >= 4 is 11.6 Å². The Labute approximate surface area is 83.7 Å². The van der Waals surface area contributed by atoms with Gasteiger partial charge in [-0.05, 0) is 49.9 Å². The number of benzene rings is 1. The average molecular weight is 201 g/mol. The molecule has 2 heteroatoms. The Bertz CT molecular complexity index is 281. The van der Waals surface area contributed by atoms with Crippen molar-refractivity contribution in [2.75, 3.05) is 0 Å². The van der Waals surface area contributed by atoms with Crippen LogP contribution < -0.4 is 0 Å². The molecule has 0 radical (unpaired) electrons. The maximum Gasteiger partial charge on any atom is 0.123 e. The second-order valence-corrected chi connectivity index (χ2v) is 4.14. The van der Waals surface area contributed by atoms with Gasteiger partial charge in [0.25, 0.3) is 0 Å². The van der Waals surface area contributed by atoms with Gasteiger partial charge in [0.05, 0.1) is 0 Å². The SMILES string of the molecule is Cc1cc(F)ccc1CCC(C)Cl. The van der Waals surface area contributed by atoms with Crippen LogP contribution in [0.25, 0.3) is 0 Å². The molecule has 0 spiro atoms. The largest absolute Gasteiger partial charge is 0.207 e. The van der Waals surface area contributed by atoms with Crippen LogP contribution >= 0.6 is 11.6 Å². The van der Waals surface area contributed by atoms with Crippen molar-refractivity contribution in [3.63, 3.8) is 0 Å². The summed E-state index contributed by atoms with van der Waals surface area (Å²) in [6, 6.07) is 4.90. The summed E-state index contributed by atoms with van der Waals surface area (Å²) in [7, 11) is 0. The average Bonchev–Trinajstić information content (AvgIpc) is 2.02. The molecular weight excluding hydrogens is 187 g/mol. The summed E-state index contributed by atoms with van der Waals surface area (Å²) in [4.78, 5) is 0. The standard InChI is InChI=1S/C11H14ClF/c1-8-7-11(13)6-5-10(8)4-3-9(2)12/h5-7,9H,3-4H2,1-2H3. The fourth-order valence-electron chi connectivity index (χ4n) is 1.29. The summed E-state index contributed by atoms with van der Waals surface area (Å²) in [5.41, 5.74) is 2.20. The maximum absolute atomic E-state index is 12.7. The van der Waals surface area contributed by atoms with Gasteiger partial charge in [-0.3, -0.25) is 0 Å². The van der Waals surface area contributed by atoms with Crippen molar-refractivity contribution in [1.82, 2.24) is 0 Å². The molecule has 0 N–H and O–H groups in total. The van der Waals surface area contributed by atoms with E-state index in [0.717, 1.165) is 18.4 Å². The molecule has 1 aromatic rings. The zero-order valence-electron chi connectivity index (χ0n) is 7.98. The lowest BCUT2D eigenvalue weighted by Gasteiger charge is -2.06. The van der Waals surface area contributed by atoms with Crippen molar-refractivity contribution in [3.8, 4) is 0 Å². The van der Waals surface area contributed by atoms with Crippen LogP contribution in [0.4, 0.5) is 4.39 Å². The van der Waals surface area contributed by atoms with Crippen molar-refractivity contribution < 1.29 is 4.39 Å². The monoisotopic (exact) mass is 200 g/mol. The quantitative estimate of drug-likeness (QED) is 0.653. The third kappa shape index (κ3) is 3.35. The van der Waals surface area contributed by atoms with Crippen LogP contribution in [0, 0.1) is 12.7 Å². The molecule has 1 unspecified atom stereocenters. The molecule has 1 aromatic carbocycles. The van der Waals surface area contributed by atoms with Gasteiger partial charge in [-0.2, -0.15) is 0 Å². The Hall–Kier alpha value is -0.560. The Kier molecular flexibility index (Phi) is 3.73. The third-order valence-corrected chi connectivity index (χ3v) is 2.33. The number of aryl methyl sites for hydroxylation is 2. The molecule has 1 atom stereocenters. The summed E-state index contributed by atoms with van der Waals surface area (Å²) < 4.78 is 12.7. The predicted octanol–water partition coefficient (Wildman–Crippen LogP) is 3.69. The molecule has 0 aromatic heterocycles. The molecule has 0 heterocycles. The molecule has 0 nitrogen and oxygen atoms in total. The highest BCUT2D eigenvalue weighted by Gasteiger charge is 2.02. The van der Waals surface area contributed by atoms with Gasteiger partial charge in [-0.25, -0.2) is 4.39 Å². The molecular formula is C11H14ClF. The first-order valence-electron chi connectivity index (χ1n) is 4.48. The number of rotatable bonds is 3. The molecule has 0 bridgehead atoms. The van der Waals surface area contributed by atoms with E-state index in [2.05, 4.69) is 0 Å². The van der Waals surface area contributed by atoms with E-state index < -0.39 is 0 Å². The lowest BCUT2D eigenvalue weighted by atomic mass is 10.0. The van der Waals surface area contributed by atoms with Crippen LogP contribution in [-0.2, 0) is 6.42 Å². The minimum absolute atomic E-state index is 0.167. The van der Waals surface area contributed by atoms with Gasteiger partial charge in [-0.15, -0.1) is 11.6 Å². The lowest BCUT2D eigenvalue weighted by molar-refractivity contribution is 0.625. The van der Waals surface area contributed by atoms with Gasteiger partial charge in [0.15, 0.2) is 0 Å². The summed E-state index contributed by atoms with van der Waals surface area (Å²) in [5, 5.41) is 0.185. The Morgan fingerprint density at radius 1 is 1.46 bits per heavy atom. The van der Waals surface area contributed by atoms with E-state index in [9.17, 15) is 4.39 Å². The van der Waals surface area contributed by atoms with E-state index in [1.807, 2.05) is 19.9 Å². The molecule has 72 valence electrons. The van der Waals surface area contributed by atoms with E-state index in [0.29, 0.717) is 0 Å². The van der Waals surface area contributed by atoms with Gasteiger partial charge in [-0.1, -0.05) is 6.07 Å². The van der Waals surface area contributed by atoms with Gasteiger partial charge in [0.2, 0.25) is 0 Å². The first-order valence-corrected chi connectivity index (χ1v) is 4.92. The molecule has 0 amide bonds.